The van der Waals surface area contributed by atoms with Crippen LogP contribution in [0, 0.1) is 20.0 Å². The molecule has 3 rings (SSSR count). The Kier molecular flexibility index (Phi) is 17.0. The van der Waals surface area contributed by atoms with E-state index in [4.69, 9.17) is 18.7 Å². The van der Waals surface area contributed by atoms with E-state index in [1.54, 1.807) is 13.2 Å². The molecular weight excluding hydrogens is 410 g/mol. The van der Waals surface area contributed by atoms with Gasteiger partial charge < -0.3 is 9.64 Å². The SMILES string of the molecule is COc1ccccc1[C@H]1CC(=O)C=CN1Cc1ccccc1.[C-]#[O+].[C-]#[O+].[C-]#[O+].[Cr]. The molecule has 0 unspecified atom stereocenters. The topological polar surface area (TPSA) is 89.2 Å². The number of para-hydroxylation sites is 1. The van der Waals surface area contributed by atoms with Gasteiger partial charge in [-0.05, 0) is 17.7 Å². The first kappa shape index (κ1) is 28.4. The number of nitrogens with zero attached hydrogens (tertiary/aromatic N) is 1. The van der Waals surface area contributed by atoms with Crippen molar-refractivity contribution in [2.45, 2.75) is 19.0 Å². The molecule has 0 radical (unpaired) electrons. The van der Waals surface area contributed by atoms with Crippen LogP contribution in [-0.2, 0) is 42.7 Å². The number of hydrogen-bond acceptors (Lipinski definition) is 3. The molecule has 0 bridgehead atoms. The van der Waals surface area contributed by atoms with Gasteiger partial charge in [0.2, 0.25) is 0 Å². The maximum Gasteiger partial charge on any atom is 0 e. The Hall–Kier alpha value is -2.80. The zero-order valence-corrected chi connectivity index (χ0v) is 17.0. The fourth-order valence-electron chi connectivity index (χ4n) is 2.85. The molecule has 1 aliphatic heterocycles. The van der Waals surface area contributed by atoms with Crippen LogP contribution in [0.5, 0.6) is 5.75 Å². The summed E-state index contributed by atoms with van der Waals surface area (Å²) in [4.78, 5) is 14.1. The molecule has 0 aromatic heterocycles. The summed E-state index contributed by atoms with van der Waals surface area (Å²) >= 11 is 0. The molecule has 7 heteroatoms. The van der Waals surface area contributed by atoms with Crippen LogP contribution in [-0.4, -0.2) is 17.8 Å². The normalized spacial score (nSPS) is 13.6. The van der Waals surface area contributed by atoms with Crippen molar-refractivity contribution in [3.05, 3.63) is 98.0 Å². The number of rotatable bonds is 4. The van der Waals surface area contributed by atoms with Gasteiger partial charge >= 0.3 is 33.9 Å². The molecule has 0 spiro atoms. The van der Waals surface area contributed by atoms with Gasteiger partial charge in [-0.1, -0.05) is 48.5 Å². The van der Waals surface area contributed by atoms with Crippen LogP contribution in [0.1, 0.15) is 23.6 Å². The molecule has 1 aliphatic rings. The molecule has 29 heavy (non-hydrogen) atoms. The van der Waals surface area contributed by atoms with Gasteiger partial charge in [0, 0.05) is 42.1 Å². The Morgan fingerprint density at radius 1 is 0.966 bits per heavy atom. The third-order valence-electron chi connectivity index (χ3n) is 3.95. The molecule has 6 nitrogen and oxygen atoms in total. The van der Waals surface area contributed by atoms with E-state index in [0.29, 0.717) is 6.42 Å². The van der Waals surface area contributed by atoms with Crippen molar-refractivity contribution in [1.29, 1.82) is 0 Å². The van der Waals surface area contributed by atoms with Gasteiger partial charge in [-0.2, -0.15) is 0 Å². The Morgan fingerprint density at radius 2 is 1.52 bits per heavy atom. The number of benzene rings is 2. The molecule has 0 amide bonds. The van der Waals surface area contributed by atoms with Gasteiger partial charge in [-0.3, -0.25) is 4.79 Å². The molecule has 0 saturated heterocycles. The van der Waals surface area contributed by atoms with E-state index in [1.165, 1.54) is 5.56 Å². The number of methoxy groups -OCH3 is 1. The second kappa shape index (κ2) is 17.3. The first-order valence-corrected chi connectivity index (χ1v) is 8.03. The standard InChI is InChI=1S/C19H19NO2.3CO.Cr/c1-22-19-10-6-5-9-17(19)18-13-16(21)11-12-20(18)14-15-7-3-2-4-8-15;3*1-2;/h2-12,18H,13-14H2,1H3;;;;/t18-;;;;/m1..../s1. The second-order valence-corrected chi connectivity index (χ2v) is 5.40. The maximum absolute atomic E-state index is 11.9. The summed E-state index contributed by atoms with van der Waals surface area (Å²) in [5.74, 6) is 0.980. The third-order valence-corrected chi connectivity index (χ3v) is 3.95. The zero-order chi connectivity index (χ0) is 21.4. The number of ketones is 1. The summed E-state index contributed by atoms with van der Waals surface area (Å²) in [7, 11) is 1.67. The Balaban J connectivity index is 0. The molecule has 1 atom stereocenters. The number of carbonyl (C=O) groups is 1. The van der Waals surface area contributed by atoms with Crippen LogP contribution in [0.4, 0.5) is 0 Å². The summed E-state index contributed by atoms with van der Waals surface area (Å²) in [6, 6.07) is 18.2. The van der Waals surface area contributed by atoms with Gasteiger partial charge in [0.1, 0.15) is 5.75 Å². The van der Waals surface area contributed by atoms with Gasteiger partial charge in [0.15, 0.2) is 5.78 Å². The minimum atomic E-state index is 0. The molecule has 0 aliphatic carbocycles. The Bertz CT molecular complexity index is 800. The predicted molar refractivity (Wildman–Crippen MR) is 98.3 cm³/mol. The Morgan fingerprint density at radius 3 is 2.10 bits per heavy atom. The molecule has 1 heterocycles. The summed E-state index contributed by atoms with van der Waals surface area (Å²) < 4.78 is 28.0. The zero-order valence-electron chi connectivity index (χ0n) is 15.7. The minimum absolute atomic E-state index is 0. The van der Waals surface area contributed by atoms with Crippen molar-refractivity contribution in [1.82, 2.24) is 4.90 Å². The average Bonchev–Trinajstić information content (AvgIpc) is 2.80. The third kappa shape index (κ3) is 8.83. The van der Waals surface area contributed by atoms with E-state index in [2.05, 4.69) is 37.0 Å². The van der Waals surface area contributed by atoms with Crippen LogP contribution in [0.2, 0.25) is 0 Å². The van der Waals surface area contributed by atoms with Crippen molar-refractivity contribution in [2.24, 2.45) is 0 Å². The monoisotopic (exact) mass is 429 g/mol. The van der Waals surface area contributed by atoms with Crippen LogP contribution in [0.15, 0.2) is 66.9 Å². The van der Waals surface area contributed by atoms with E-state index in [-0.39, 0.29) is 29.2 Å². The number of ether oxygens (including phenoxy) is 1. The van der Waals surface area contributed by atoms with Crippen molar-refractivity contribution in [3.8, 4) is 5.75 Å². The van der Waals surface area contributed by atoms with Crippen molar-refractivity contribution in [2.75, 3.05) is 7.11 Å². The summed E-state index contributed by atoms with van der Waals surface area (Å²) in [5.41, 5.74) is 2.28. The number of allylic oxidation sites excluding steroid dienone is 1. The van der Waals surface area contributed by atoms with Crippen LogP contribution >= 0.6 is 0 Å². The molecule has 0 saturated carbocycles. The molecule has 148 valence electrons. The first-order valence-electron chi connectivity index (χ1n) is 8.03. The first-order chi connectivity index (χ1) is 13.8. The van der Waals surface area contributed by atoms with Crippen molar-refractivity contribution in [3.63, 3.8) is 0 Å². The largest absolute Gasteiger partial charge is 0 e. The van der Waals surface area contributed by atoms with Crippen molar-refractivity contribution < 1.29 is 40.8 Å². The fourth-order valence-corrected chi connectivity index (χ4v) is 2.85. The quantitative estimate of drug-likeness (QED) is 0.549. The van der Waals surface area contributed by atoms with E-state index in [9.17, 15) is 4.79 Å². The summed E-state index contributed by atoms with van der Waals surface area (Å²) in [5, 5.41) is 0. The van der Waals surface area contributed by atoms with E-state index in [0.717, 1.165) is 17.9 Å². The van der Waals surface area contributed by atoms with E-state index >= 15 is 0 Å². The molecule has 0 fully saturated rings. The van der Waals surface area contributed by atoms with Gasteiger partial charge in [0.05, 0.1) is 13.2 Å². The molecular formula is C22H19CrNO5. The van der Waals surface area contributed by atoms with Crippen LogP contribution in [0.25, 0.3) is 0 Å². The predicted octanol–water partition coefficient (Wildman–Crippen LogP) is 3.61. The molecule has 2 aromatic rings. The summed E-state index contributed by atoms with van der Waals surface area (Å²) in [6.45, 7) is 14.3. The average molecular weight is 429 g/mol. The van der Waals surface area contributed by atoms with E-state index in [1.807, 2.05) is 48.7 Å². The van der Waals surface area contributed by atoms with Gasteiger partial charge in [-0.15, -0.1) is 0 Å². The number of carbonyl (C=O) groups excluding carboxylic acids is 1. The smallest absolute Gasteiger partial charge is 0 e. The van der Waals surface area contributed by atoms with Gasteiger partial charge in [0.25, 0.3) is 0 Å². The maximum atomic E-state index is 11.9. The fraction of sp³-hybridized carbons (Fsp3) is 0.182. The summed E-state index contributed by atoms with van der Waals surface area (Å²) in [6.07, 6.45) is 4.04. The second-order valence-electron chi connectivity index (χ2n) is 5.40. The van der Waals surface area contributed by atoms with Crippen LogP contribution in [0.3, 0.4) is 0 Å². The molecule has 0 N–H and O–H groups in total. The minimum Gasteiger partial charge on any atom is 0 e. The van der Waals surface area contributed by atoms with Gasteiger partial charge in [-0.25, -0.2) is 0 Å². The van der Waals surface area contributed by atoms with E-state index < -0.39 is 0 Å². The molecule has 2 aromatic carbocycles. The Labute approximate surface area is 181 Å². The van der Waals surface area contributed by atoms with Crippen molar-refractivity contribution >= 4 is 5.78 Å². The van der Waals surface area contributed by atoms with Crippen LogP contribution < -0.4 is 4.74 Å². The number of hydrogen-bond donors (Lipinski definition) is 0.